The molecule has 4 rings (SSSR count). The van der Waals surface area contributed by atoms with E-state index >= 15 is 0 Å². The van der Waals surface area contributed by atoms with Gasteiger partial charge in [-0.1, -0.05) is 30.3 Å². The standard InChI is InChI=1S/C24H23FN2O2S2/c1-16(31-15-22(28)26-19-9-7-18(25)8-10-19)24(29)27-13-11-21-20(12-14-30-21)23(27)17-5-3-2-4-6-17/h2-10,12,14,16,23H,11,13,15H2,1H3,(H,26,28). The van der Waals surface area contributed by atoms with Gasteiger partial charge in [-0.25, -0.2) is 4.39 Å². The van der Waals surface area contributed by atoms with Crippen LogP contribution in [0.3, 0.4) is 0 Å². The highest BCUT2D eigenvalue weighted by atomic mass is 32.2. The van der Waals surface area contributed by atoms with Gasteiger partial charge in [0.05, 0.1) is 17.0 Å². The van der Waals surface area contributed by atoms with Crippen molar-refractivity contribution in [3.63, 3.8) is 0 Å². The normalized spacial score (nSPS) is 16.5. The summed E-state index contributed by atoms with van der Waals surface area (Å²) in [6.07, 6.45) is 0.852. The van der Waals surface area contributed by atoms with E-state index in [4.69, 9.17) is 0 Å². The van der Waals surface area contributed by atoms with Crippen LogP contribution in [0.5, 0.6) is 0 Å². The Morgan fingerprint density at radius 2 is 1.90 bits per heavy atom. The molecule has 0 radical (unpaired) electrons. The van der Waals surface area contributed by atoms with Crippen LogP contribution in [0.1, 0.15) is 29.0 Å². The number of carbonyl (C=O) groups is 2. The zero-order valence-corrected chi connectivity index (χ0v) is 18.7. The third kappa shape index (κ3) is 4.99. The Morgan fingerprint density at radius 3 is 2.65 bits per heavy atom. The molecular formula is C24H23FN2O2S2. The average molecular weight is 455 g/mol. The molecular weight excluding hydrogens is 431 g/mol. The van der Waals surface area contributed by atoms with Crippen molar-refractivity contribution in [3.05, 3.63) is 87.9 Å². The molecule has 0 aliphatic carbocycles. The largest absolute Gasteiger partial charge is 0.330 e. The molecule has 0 saturated carbocycles. The van der Waals surface area contributed by atoms with E-state index in [2.05, 4.69) is 28.9 Å². The van der Waals surface area contributed by atoms with Crippen LogP contribution in [0, 0.1) is 5.82 Å². The summed E-state index contributed by atoms with van der Waals surface area (Å²) in [7, 11) is 0. The number of halogens is 1. The number of carbonyl (C=O) groups excluding carboxylic acids is 2. The summed E-state index contributed by atoms with van der Waals surface area (Å²) in [6.45, 7) is 2.52. The smallest absolute Gasteiger partial charge is 0.236 e. The fraction of sp³-hybridized carbons (Fsp3) is 0.250. The molecule has 2 aromatic carbocycles. The molecule has 0 saturated heterocycles. The minimum Gasteiger partial charge on any atom is -0.330 e. The first-order valence-electron chi connectivity index (χ1n) is 10.1. The van der Waals surface area contributed by atoms with Crippen molar-refractivity contribution in [2.45, 2.75) is 24.6 Å². The summed E-state index contributed by atoms with van der Waals surface area (Å²) in [4.78, 5) is 28.9. The molecule has 1 aliphatic rings. The number of benzene rings is 2. The molecule has 1 aliphatic heterocycles. The predicted molar refractivity (Wildman–Crippen MR) is 125 cm³/mol. The van der Waals surface area contributed by atoms with Gasteiger partial charge in [0.25, 0.3) is 0 Å². The molecule has 0 spiro atoms. The highest BCUT2D eigenvalue weighted by molar-refractivity contribution is 8.01. The van der Waals surface area contributed by atoms with Gasteiger partial charge in [0, 0.05) is 17.1 Å². The third-order valence-corrected chi connectivity index (χ3v) is 7.43. The number of hydrogen-bond acceptors (Lipinski definition) is 4. The summed E-state index contributed by atoms with van der Waals surface area (Å²) < 4.78 is 13.0. The Balaban J connectivity index is 1.42. The van der Waals surface area contributed by atoms with Crippen LogP contribution in [-0.2, 0) is 16.0 Å². The van der Waals surface area contributed by atoms with Crippen molar-refractivity contribution in [1.29, 1.82) is 0 Å². The molecule has 2 amide bonds. The lowest BCUT2D eigenvalue weighted by Crippen LogP contribution is -2.43. The number of fused-ring (bicyclic) bond motifs is 1. The predicted octanol–water partition coefficient (Wildman–Crippen LogP) is 5.12. The second-order valence-corrected chi connectivity index (χ2v) is 9.73. The number of nitrogens with one attached hydrogen (secondary N) is 1. The first-order valence-corrected chi connectivity index (χ1v) is 12.0. The molecule has 31 heavy (non-hydrogen) atoms. The Kier molecular flexibility index (Phi) is 6.73. The summed E-state index contributed by atoms with van der Waals surface area (Å²) in [5.74, 6) is -0.382. The van der Waals surface area contributed by atoms with Crippen molar-refractivity contribution in [3.8, 4) is 0 Å². The molecule has 1 aromatic heterocycles. The van der Waals surface area contributed by atoms with Crippen LogP contribution in [0.15, 0.2) is 66.0 Å². The SMILES string of the molecule is CC(SCC(=O)Nc1ccc(F)cc1)C(=O)N1CCc2sccc2C1c1ccccc1. The fourth-order valence-electron chi connectivity index (χ4n) is 3.78. The monoisotopic (exact) mass is 454 g/mol. The highest BCUT2D eigenvalue weighted by Crippen LogP contribution is 2.38. The second kappa shape index (κ2) is 9.66. The van der Waals surface area contributed by atoms with Crippen LogP contribution in [0.4, 0.5) is 10.1 Å². The molecule has 2 heterocycles. The van der Waals surface area contributed by atoms with E-state index < -0.39 is 0 Å². The number of amides is 2. The number of thioether (sulfide) groups is 1. The Morgan fingerprint density at radius 1 is 1.16 bits per heavy atom. The average Bonchev–Trinajstić information content (AvgIpc) is 3.27. The molecule has 3 aromatic rings. The zero-order valence-electron chi connectivity index (χ0n) is 17.1. The molecule has 2 atom stereocenters. The van der Waals surface area contributed by atoms with Gasteiger partial charge in [0.2, 0.25) is 11.8 Å². The molecule has 0 bridgehead atoms. The number of rotatable bonds is 6. The highest BCUT2D eigenvalue weighted by Gasteiger charge is 2.34. The maximum absolute atomic E-state index is 13.4. The second-order valence-electron chi connectivity index (χ2n) is 7.40. The van der Waals surface area contributed by atoms with Gasteiger partial charge in [0.15, 0.2) is 0 Å². The van der Waals surface area contributed by atoms with E-state index in [1.54, 1.807) is 11.3 Å². The molecule has 7 heteroatoms. The van der Waals surface area contributed by atoms with Gasteiger partial charge in [-0.2, -0.15) is 0 Å². The number of nitrogens with zero attached hydrogens (tertiary/aromatic N) is 1. The van der Waals surface area contributed by atoms with Crippen molar-refractivity contribution in [1.82, 2.24) is 4.90 Å². The third-order valence-electron chi connectivity index (χ3n) is 5.30. The van der Waals surface area contributed by atoms with Crippen molar-refractivity contribution in [2.24, 2.45) is 0 Å². The number of hydrogen-bond donors (Lipinski definition) is 1. The van der Waals surface area contributed by atoms with Crippen molar-refractivity contribution >= 4 is 40.6 Å². The van der Waals surface area contributed by atoms with Gasteiger partial charge < -0.3 is 10.2 Å². The maximum Gasteiger partial charge on any atom is 0.236 e. The lowest BCUT2D eigenvalue weighted by Gasteiger charge is -2.37. The minimum atomic E-state index is -0.356. The molecule has 2 unspecified atom stereocenters. The Bertz CT molecular complexity index is 1050. The van der Waals surface area contributed by atoms with Crippen LogP contribution < -0.4 is 5.32 Å². The molecule has 4 nitrogen and oxygen atoms in total. The summed E-state index contributed by atoms with van der Waals surface area (Å²) in [5, 5.41) is 4.47. The molecule has 0 fully saturated rings. The molecule has 160 valence electrons. The summed E-state index contributed by atoms with van der Waals surface area (Å²) >= 11 is 3.06. The van der Waals surface area contributed by atoms with Gasteiger partial charge in [-0.3, -0.25) is 9.59 Å². The lowest BCUT2D eigenvalue weighted by atomic mass is 9.93. The van der Waals surface area contributed by atoms with Crippen molar-refractivity contribution in [2.75, 3.05) is 17.6 Å². The van der Waals surface area contributed by atoms with E-state index in [-0.39, 0.29) is 34.7 Å². The first kappa shape index (κ1) is 21.6. The van der Waals surface area contributed by atoms with Gasteiger partial charge in [0.1, 0.15) is 5.82 Å². The quantitative estimate of drug-likeness (QED) is 0.562. The lowest BCUT2D eigenvalue weighted by molar-refractivity contribution is -0.132. The van der Waals surface area contributed by atoms with Crippen LogP contribution in [0.25, 0.3) is 0 Å². The van der Waals surface area contributed by atoms with E-state index in [0.29, 0.717) is 12.2 Å². The van der Waals surface area contributed by atoms with Crippen LogP contribution in [-0.4, -0.2) is 34.3 Å². The van der Waals surface area contributed by atoms with Gasteiger partial charge in [-0.15, -0.1) is 23.1 Å². The molecule has 1 N–H and O–H groups in total. The minimum absolute atomic E-state index is 0.0327. The first-order chi connectivity index (χ1) is 15.0. The van der Waals surface area contributed by atoms with Crippen molar-refractivity contribution < 1.29 is 14.0 Å². The van der Waals surface area contributed by atoms with E-state index in [9.17, 15) is 14.0 Å². The summed E-state index contributed by atoms with van der Waals surface area (Å²) in [6, 6.07) is 17.7. The van der Waals surface area contributed by atoms with Crippen LogP contribution >= 0.6 is 23.1 Å². The Hall–Kier alpha value is -2.64. The summed E-state index contributed by atoms with van der Waals surface area (Å²) in [5.41, 5.74) is 2.83. The van der Waals surface area contributed by atoms with Gasteiger partial charge in [-0.05, 0) is 60.2 Å². The van der Waals surface area contributed by atoms with E-state index in [1.807, 2.05) is 30.0 Å². The number of anilines is 1. The van der Waals surface area contributed by atoms with E-state index in [1.165, 1.54) is 46.5 Å². The zero-order chi connectivity index (χ0) is 21.8. The van der Waals surface area contributed by atoms with Gasteiger partial charge >= 0.3 is 0 Å². The fourth-order valence-corrected chi connectivity index (χ4v) is 5.44. The van der Waals surface area contributed by atoms with Crippen LogP contribution in [0.2, 0.25) is 0 Å². The number of thiophene rings is 1. The topological polar surface area (TPSA) is 49.4 Å². The Labute approximate surface area is 189 Å². The maximum atomic E-state index is 13.4. The van der Waals surface area contributed by atoms with E-state index in [0.717, 1.165) is 12.0 Å².